The van der Waals surface area contributed by atoms with E-state index in [2.05, 4.69) is 21.6 Å². The lowest BCUT2D eigenvalue weighted by Crippen LogP contribution is -2.31. The molecule has 0 N–H and O–H groups in total. The third kappa shape index (κ3) is 3.65. The van der Waals surface area contributed by atoms with Gasteiger partial charge in [0.15, 0.2) is 0 Å². The Morgan fingerprint density at radius 1 is 1.32 bits per heavy atom. The van der Waals surface area contributed by atoms with Crippen LogP contribution in [0.4, 0.5) is 0 Å². The SMILES string of the molecule is C=CS(=O)(=O)N1CCC[C@H](Oc2nc(-c3cnn(C)c3)cc3nccn23)CC1. The van der Waals surface area contributed by atoms with Crippen molar-refractivity contribution in [1.82, 2.24) is 28.5 Å². The second kappa shape index (κ2) is 7.36. The Morgan fingerprint density at radius 3 is 2.93 bits per heavy atom. The highest BCUT2D eigenvalue weighted by Gasteiger charge is 2.25. The van der Waals surface area contributed by atoms with Gasteiger partial charge in [-0.05, 0) is 19.3 Å². The lowest BCUT2D eigenvalue weighted by molar-refractivity contribution is 0.168. The van der Waals surface area contributed by atoms with Crippen molar-refractivity contribution in [3.8, 4) is 17.3 Å². The minimum Gasteiger partial charge on any atom is -0.461 e. The summed E-state index contributed by atoms with van der Waals surface area (Å²) in [5.41, 5.74) is 2.33. The molecule has 1 saturated heterocycles. The summed E-state index contributed by atoms with van der Waals surface area (Å²) < 4.78 is 35.3. The molecule has 9 nitrogen and oxygen atoms in total. The Labute approximate surface area is 163 Å². The molecule has 0 aromatic carbocycles. The van der Waals surface area contributed by atoms with Crippen molar-refractivity contribution in [2.45, 2.75) is 25.4 Å². The number of fused-ring (bicyclic) bond motifs is 1. The molecule has 0 unspecified atom stereocenters. The summed E-state index contributed by atoms with van der Waals surface area (Å²) in [4.78, 5) is 9.02. The van der Waals surface area contributed by atoms with Gasteiger partial charge in [0.1, 0.15) is 11.8 Å². The molecule has 28 heavy (non-hydrogen) atoms. The molecule has 0 bridgehead atoms. The highest BCUT2D eigenvalue weighted by molar-refractivity contribution is 7.92. The number of hydrogen-bond donors (Lipinski definition) is 0. The number of aromatic nitrogens is 5. The zero-order chi connectivity index (χ0) is 19.7. The molecule has 4 heterocycles. The molecule has 3 aromatic rings. The molecule has 0 aliphatic carbocycles. The second-order valence-electron chi connectivity index (χ2n) is 6.76. The van der Waals surface area contributed by atoms with E-state index in [4.69, 9.17) is 4.74 Å². The second-order valence-corrected chi connectivity index (χ2v) is 8.64. The smallest absolute Gasteiger partial charge is 0.303 e. The third-order valence-electron chi connectivity index (χ3n) is 4.83. The van der Waals surface area contributed by atoms with Gasteiger partial charge in [-0.25, -0.2) is 13.4 Å². The molecular formula is C18H22N6O3S. The zero-order valence-corrected chi connectivity index (χ0v) is 16.4. The van der Waals surface area contributed by atoms with Crippen molar-refractivity contribution in [2.75, 3.05) is 13.1 Å². The molecule has 0 spiro atoms. The van der Waals surface area contributed by atoms with Crippen LogP contribution >= 0.6 is 0 Å². The highest BCUT2D eigenvalue weighted by atomic mass is 32.2. The Kier molecular flexibility index (Phi) is 4.90. The largest absolute Gasteiger partial charge is 0.461 e. The molecule has 0 radical (unpaired) electrons. The van der Waals surface area contributed by atoms with Crippen LogP contribution in [0.2, 0.25) is 0 Å². The monoisotopic (exact) mass is 402 g/mol. The molecule has 1 atom stereocenters. The van der Waals surface area contributed by atoms with Crippen molar-refractivity contribution in [3.63, 3.8) is 0 Å². The maximum Gasteiger partial charge on any atom is 0.303 e. The fourth-order valence-corrected chi connectivity index (χ4v) is 4.30. The van der Waals surface area contributed by atoms with Gasteiger partial charge in [-0.3, -0.25) is 9.08 Å². The van der Waals surface area contributed by atoms with Gasteiger partial charge in [0.05, 0.1) is 11.9 Å². The van der Waals surface area contributed by atoms with E-state index in [-0.39, 0.29) is 6.10 Å². The minimum absolute atomic E-state index is 0.132. The quantitative estimate of drug-likeness (QED) is 0.646. The number of imidazole rings is 1. The van der Waals surface area contributed by atoms with E-state index >= 15 is 0 Å². The van der Waals surface area contributed by atoms with Crippen LogP contribution in [-0.2, 0) is 17.1 Å². The predicted molar refractivity (Wildman–Crippen MR) is 104 cm³/mol. The fraction of sp³-hybridized carbons (Fsp3) is 0.389. The average Bonchev–Trinajstić information content (AvgIpc) is 3.26. The van der Waals surface area contributed by atoms with Crippen LogP contribution in [0.1, 0.15) is 19.3 Å². The van der Waals surface area contributed by atoms with Gasteiger partial charge >= 0.3 is 6.01 Å². The number of hydrogen-bond acceptors (Lipinski definition) is 6. The molecule has 1 aliphatic heterocycles. The van der Waals surface area contributed by atoms with E-state index in [0.717, 1.165) is 28.7 Å². The van der Waals surface area contributed by atoms with E-state index in [1.165, 1.54) is 4.31 Å². The maximum absolute atomic E-state index is 12.1. The summed E-state index contributed by atoms with van der Waals surface area (Å²) in [5.74, 6) is 0. The molecule has 1 aliphatic rings. The van der Waals surface area contributed by atoms with Crippen molar-refractivity contribution in [3.05, 3.63) is 42.8 Å². The molecule has 3 aromatic heterocycles. The third-order valence-corrected chi connectivity index (χ3v) is 6.34. The van der Waals surface area contributed by atoms with Crippen molar-refractivity contribution in [1.29, 1.82) is 0 Å². The maximum atomic E-state index is 12.1. The molecule has 10 heteroatoms. The van der Waals surface area contributed by atoms with Gasteiger partial charge < -0.3 is 4.74 Å². The van der Waals surface area contributed by atoms with Crippen LogP contribution in [0.3, 0.4) is 0 Å². The van der Waals surface area contributed by atoms with Crippen molar-refractivity contribution in [2.24, 2.45) is 7.05 Å². The standard InChI is InChI=1S/C18H22N6O3S/c1-3-28(25,26)23-8-4-5-15(6-9-23)27-18-21-16(14-12-20-22(2)13-14)11-17-19-7-10-24(17)18/h3,7,10-13,15H,1,4-6,8-9H2,2H3/t15-/m0/s1. The number of aryl methyl sites for hydroxylation is 1. The number of sulfonamides is 1. The van der Waals surface area contributed by atoms with Crippen molar-refractivity contribution >= 4 is 15.7 Å². The van der Waals surface area contributed by atoms with E-state index < -0.39 is 10.0 Å². The first-order chi connectivity index (χ1) is 13.5. The first-order valence-electron chi connectivity index (χ1n) is 9.08. The highest BCUT2D eigenvalue weighted by Crippen LogP contribution is 2.25. The van der Waals surface area contributed by atoms with Crippen LogP contribution in [0, 0.1) is 0 Å². The van der Waals surface area contributed by atoms with Crippen LogP contribution in [0.15, 0.2) is 42.8 Å². The molecule has 1 fully saturated rings. The molecule has 4 rings (SSSR count). The number of rotatable bonds is 5. The molecule has 0 amide bonds. The van der Waals surface area contributed by atoms with Gasteiger partial charge in [0, 0.05) is 55.8 Å². The molecule has 0 saturated carbocycles. The Bertz CT molecular complexity index is 1100. The molecular weight excluding hydrogens is 380 g/mol. The summed E-state index contributed by atoms with van der Waals surface area (Å²) >= 11 is 0. The first-order valence-corrected chi connectivity index (χ1v) is 10.6. The topological polar surface area (TPSA) is 94.6 Å². The lowest BCUT2D eigenvalue weighted by atomic mass is 10.2. The summed E-state index contributed by atoms with van der Waals surface area (Å²) in [5, 5.41) is 5.20. The van der Waals surface area contributed by atoms with Gasteiger partial charge in [0.2, 0.25) is 10.0 Å². The normalized spacial score (nSPS) is 18.8. The fourth-order valence-electron chi connectivity index (χ4n) is 3.35. The average molecular weight is 402 g/mol. The van der Waals surface area contributed by atoms with Crippen LogP contribution < -0.4 is 4.74 Å². The first kappa shape index (κ1) is 18.6. The minimum atomic E-state index is -3.41. The summed E-state index contributed by atoms with van der Waals surface area (Å²) in [6, 6.07) is 2.33. The summed E-state index contributed by atoms with van der Waals surface area (Å²) in [7, 11) is -1.55. The van der Waals surface area contributed by atoms with E-state index in [0.29, 0.717) is 31.9 Å². The van der Waals surface area contributed by atoms with Crippen molar-refractivity contribution < 1.29 is 13.2 Å². The van der Waals surface area contributed by atoms with Crippen LogP contribution in [0.25, 0.3) is 16.9 Å². The Hall–Kier alpha value is -2.72. The van der Waals surface area contributed by atoms with Crippen LogP contribution in [-0.4, -0.2) is 56.1 Å². The van der Waals surface area contributed by atoms with E-state index in [1.807, 2.05) is 19.3 Å². The van der Waals surface area contributed by atoms with Gasteiger partial charge in [-0.15, -0.1) is 0 Å². The summed E-state index contributed by atoms with van der Waals surface area (Å²) in [6.07, 6.45) is 9.04. The van der Waals surface area contributed by atoms with Gasteiger partial charge in [-0.2, -0.15) is 14.4 Å². The van der Waals surface area contributed by atoms with Gasteiger partial charge in [-0.1, -0.05) is 6.58 Å². The van der Waals surface area contributed by atoms with Gasteiger partial charge in [0.25, 0.3) is 0 Å². The van der Waals surface area contributed by atoms with E-state index in [9.17, 15) is 8.42 Å². The van der Waals surface area contributed by atoms with Crippen LogP contribution in [0.5, 0.6) is 6.01 Å². The number of ether oxygens (including phenoxy) is 1. The zero-order valence-electron chi connectivity index (χ0n) is 15.6. The predicted octanol–water partition coefficient (Wildman–Crippen LogP) is 1.84. The molecule has 148 valence electrons. The summed E-state index contributed by atoms with van der Waals surface area (Å²) in [6.45, 7) is 4.27. The van der Waals surface area contributed by atoms with E-state index in [1.54, 1.807) is 27.7 Å². The number of nitrogens with zero attached hydrogens (tertiary/aromatic N) is 6. The Morgan fingerprint density at radius 2 is 2.18 bits per heavy atom. The lowest BCUT2D eigenvalue weighted by Gasteiger charge is -2.19. The Balaban J connectivity index is 1.59.